The second kappa shape index (κ2) is 8.40. The predicted molar refractivity (Wildman–Crippen MR) is 95.8 cm³/mol. The van der Waals surface area contributed by atoms with Crippen LogP contribution in [0, 0.1) is 25.6 Å². The van der Waals surface area contributed by atoms with Crippen molar-refractivity contribution in [3.8, 4) is 0 Å². The molecule has 2 unspecified atom stereocenters. The van der Waals surface area contributed by atoms with Gasteiger partial charge in [-0.3, -0.25) is 25.1 Å². The molecule has 1 rings (SSSR count). The van der Waals surface area contributed by atoms with Gasteiger partial charge in [0, 0.05) is 42.1 Å². The molecule has 8 heteroatoms. The first-order valence-electron chi connectivity index (χ1n) is 9.19. The fourth-order valence-electron chi connectivity index (χ4n) is 3.81. The highest BCUT2D eigenvalue weighted by molar-refractivity contribution is 4.89. The molecular weight excluding hydrogens is 326 g/mol. The van der Waals surface area contributed by atoms with Gasteiger partial charge in [0.25, 0.3) is 0 Å². The molecule has 8 nitrogen and oxygen atoms in total. The van der Waals surface area contributed by atoms with Crippen LogP contribution >= 0.6 is 0 Å². The van der Waals surface area contributed by atoms with Crippen LogP contribution in [0.3, 0.4) is 0 Å². The van der Waals surface area contributed by atoms with E-state index in [1.807, 2.05) is 20.8 Å². The highest BCUT2D eigenvalue weighted by Crippen LogP contribution is 2.34. The first-order valence-corrected chi connectivity index (χ1v) is 9.19. The van der Waals surface area contributed by atoms with Crippen LogP contribution in [-0.4, -0.2) is 57.2 Å². The van der Waals surface area contributed by atoms with Crippen LogP contribution in [0.5, 0.6) is 0 Å². The average Bonchev–Trinajstić information content (AvgIpc) is 2.55. The Kier molecular flexibility index (Phi) is 7.31. The van der Waals surface area contributed by atoms with Crippen molar-refractivity contribution in [2.75, 3.05) is 26.2 Å². The van der Waals surface area contributed by atoms with E-state index >= 15 is 0 Å². The van der Waals surface area contributed by atoms with Gasteiger partial charge in [0.1, 0.15) is 6.61 Å². The Hall–Kier alpha value is -1.28. The van der Waals surface area contributed by atoms with Crippen molar-refractivity contribution in [1.29, 1.82) is 0 Å². The zero-order chi connectivity index (χ0) is 19.3. The van der Waals surface area contributed by atoms with Gasteiger partial charge in [-0.1, -0.05) is 27.7 Å². The monoisotopic (exact) mass is 359 g/mol. The van der Waals surface area contributed by atoms with Gasteiger partial charge in [-0.15, -0.1) is 0 Å². The molecule has 0 saturated carbocycles. The van der Waals surface area contributed by atoms with Gasteiger partial charge in [0.05, 0.1) is 6.54 Å². The summed E-state index contributed by atoms with van der Waals surface area (Å²) in [6.45, 7) is 9.15. The molecule has 0 aromatic heterocycles. The van der Waals surface area contributed by atoms with E-state index in [9.17, 15) is 25.3 Å². The molecule has 2 atom stereocenters. The smallest absolute Gasteiger partial charge is 0.244 e. The van der Waals surface area contributed by atoms with Crippen molar-refractivity contribution in [2.24, 2.45) is 5.41 Å². The van der Waals surface area contributed by atoms with Gasteiger partial charge in [-0.05, 0) is 24.8 Å². The lowest BCUT2D eigenvalue weighted by Gasteiger charge is -2.40. The van der Waals surface area contributed by atoms with Crippen molar-refractivity contribution in [3.63, 3.8) is 0 Å². The van der Waals surface area contributed by atoms with Crippen LogP contribution in [0.2, 0.25) is 0 Å². The molecule has 1 aliphatic rings. The summed E-state index contributed by atoms with van der Waals surface area (Å²) in [5, 5.41) is 32.4. The Morgan fingerprint density at radius 2 is 1.84 bits per heavy atom. The summed E-state index contributed by atoms with van der Waals surface area (Å²) < 4.78 is 0. The van der Waals surface area contributed by atoms with Gasteiger partial charge in [-0.25, -0.2) is 0 Å². The van der Waals surface area contributed by atoms with Gasteiger partial charge >= 0.3 is 0 Å². The molecular formula is C17H33N3O5. The average molecular weight is 359 g/mol. The standard InChI is InChI=1S/C17H33N3O5/c1-5-16(19(22)23)8-7-11-18(13-16)12-15(3,4)9-10-17(6-2,14-21)20(24)25/h21H,5-14H2,1-4H3. The first kappa shape index (κ1) is 21.8. The van der Waals surface area contributed by atoms with E-state index in [1.54, 1.807) is 6.92 Å². The molecule has 146 valence electrons. The van der Waals surface area contributed by atoms with E-state index in [1.165, 1.54) is 0 Å². The maximum atomic E-state index is 11.5. The zero-order valence-electron chi connectivity index (χ0n) is 16.0. The van der Waals surface area contributed by atoms with E-state index in [2.05, 4.69) is 4.90 Å². The number of nitro groups is 2. The zero-order valence-corrected chi connectivity index (χ0v) is 16.0. The number of rotatable bonds is 10. The highest BCUT2D eigenvalue weighted by Gasteiger charge is 2.46. The maximum absolute atomic E-state index is 11.5. The van der Waals surface area contributed by atoms with E-state index in [4.69, 9.17) is 0 Å². The topological polar surface area (TPSA) is 110 Å². The van der Waals surface area contributed by atoms with E-state index < -0.39 is 17.7 Å². The molecule has 1 N–H and O–H groups in total. The lowest BCUT2D eigenvalue weighted by molar-refractivity contribution is -0.576. The van der Waals surface area contributed by atoms with E-state index in [0.717, 1.165) is 13.0 Å². The van der Waals surface area contributed by atoms with Crippen LogP contribution in [-0.2, 0) is 0 Å². The summed E-state index contributed by atoms with van der Waals surface area (Å²) >= 11 is 0. The summed E-state index contributed by atoms with van der Waals surface area (Å²) in [7, 11) is 0. The van der Waals surface area contributed by atoms with Crippen LogP contribution in [0.1, 0.15) is 66.2 Å². The van der Waals surface area contributed by atoms with Gasteiger partial charge in [-0.2, -0.15) is 0 Å². The van der Waals surface area contributed by atoms with Crippen molar-refractivity contribution in [3.05, 3.63) is 20.2 Å². The second-order valence-electron chi connectivity index (χ2n) is 8.31. The Morgan fingerprint density at radius 1 is 1.20 bits per heavy atom. The Balaban J connectivity index is 2.74. The largest absolute Gasteiger partial charge is 0.389 e. The lowest BCUT2D eigenvalue weighted by Crippen LogP contribution is -2.54. The molecule has 0 aromatic carbocycles. The second-order valence-corrected chi connectivity index (χ2v) is 8.31. The third-order valence-electron chi connectivity index (χ3n) is 5.94. The summed E-state index contributed by atoms with van der Waals surface area (Å²) in [6.07, 6.45) is 3.12. The van der Waals surface area contributed by atoms with Crippen LogP contribution in [0.15, 0.2) is 0 Å². The molecule has 0 aliphatic carbocycles. The van der Waals surface area contributed by atoms with Crippen molar-refractivity contribution >= 4 is 0 Å². The Labute approximate surface area is 149 Å². The Bertz CT molecular complexity index is 479. The SMILES string of the molecule is CCC(CO)(CCC(C)(C)CN1CCCC(CC)([N+](=O)[O-])C1)[N+](=O)[O-]. The quantitative estimate of drug-likeness (QED) is 0.474. The molecule has 0 bridgehead atoms. The molecule has 0 aromatic rings. The van der Waals surface area contributed by atoms with Gasteiger partial charge < -0.3 is 5.11 Å². The summed E-state index contributed by atoms with van der Waals surface area (Å²) in [6, 6.07) is 0. The third kappa shape index (κ3) is 5.10. The maximum Gasteiger partial charge on any atom is 0.244 e. The number of nitrogens with zero attached hydrogens (tertiary/aromatic N) is 3. The molecule has 0 amide bonds. The molecule has 0 spiro atoms. The predicted octanol–water partition coefficient (Wildman–Crippen LogP) is 2.73. The normalized spacial score (nSPS) is 24.7. The fourth-order valence-corrected chi connectivity index (χ4v) is 3.81. The van der Waals surface area contributed by atoms with Crippen LogP contribution in [0.4, 0.5) is 0 Å². The Morgan fingerprint density at radius 3 is 2.28 bits per heavy atom. The fraction of sp³-hybridized carbons (Fsp3) is 1.00. The van der Waals surface area contributed by atoms with Crippen molar-refractivity contribution < 1.29 is 15.0 Å². The van der Waals surface area contributed by atoms with Crippen molar-refractivity contribution in [2.45, 2.75) is 77.3 Å². The summed E-state index contributed by atoms with van der Waals surface area (Å²) in [5.41, 5.74) is -2.36. The minimum atomic E-state index is -1.28. The number of likely N-dealkylation sites (tertiary alicyclic amines) is 1. The first-order chi connectivity index (χ1) is 11.6. The summed E-state index contributed by atoms with van der Waals surface area (Å²) in [4.78, 5) is 24.5. The molecule has 1 aliphatic heterocycles. The highest BCUT2D eigenvalue weighted by atomic mass is 16.6. The van der Waals surface area contributed by atoms with Crippen molar-refractivity contribution in [1.82, 2.24) is 4.90 Å². The van der Waals surface area contributed by atoms with E-state index in [-0.39, 0.29) is 21.7 Å². The molecule has 25 heavy (non-hydrogen) atoms. The van der Waals surface area contributed by atoms with E-state index in [0.29, 0.717) is 38.8 Å². The number of hydrogen-bond acceptors (Lipinski definition) is 6. The summed E-state index contributed by atoms with van der Waals surface area (Å²) in [5.74, 6) is 0. The molecule has 1 saturated heterocycles. The van der Waals surface area contributed by atoms with Gasteiger partial charge in [0.15, 0.2) is 0 Å². The van der Waals surface area contributed by atoms with Crippen LogP contribution in [0.25, 0.3) is 0 Å². The number of piperidine rings is 1. The molecule has 0 radical (unpaired) electrons. The number of aliphatic hydroxyl groups excluding tert-OH is 1. The molecule has 1 fully saturated rings. The lowest BCUT2D eigenvalue weighted by atomic mass is 9.79. The van der Waals surface area contributed by atoms with Crippen LogP contribution < -0.4 is 0 Å². The number of aliphatic hydroxyl groups is 1. The third-order valence-corrected chi connectivity index (χ3v) is 5.94. The number of hydrogen-bond donors (Lipinski definition) is 1. The minimum Gasteiger partial charge on any atom is -0.389 e. The minimum absolute atomic E-state index is 0.132. The molecule has 1 heterocycles. The van der Waals surface area contributed by atoms with Gasteiger partial charge in [0.2, 0.25) is 11.1 Å².